The van der Waals surface area contributed by atoms with E-state index in [0.29, 0.717) is 0 Å². The van der Waals surface area contributed by atoms with Crippen molar-refractivity contribution in [2.75, 3.05) is 0 Å². The number of para-hydroxylation sites is 1. The lowest BCUT2D eigenvalue weighted by Crippen LogP contribution is -2.13. The zero-order valence-electron chi connectivity index (χ0n) is 7.40. The van der Waals surface area contributed by atoms with E-state index in [1.165, 1.54) is 16.6 Å². The molecule has 0 amide bonds. The summed E-state index contributed by atoms with van der Waals surface area (Å²) in [5.74, 6) is 0. The van der Waals surface area contributed by atoms with Crippen molar-refractivity contribution >= 4 is 10.9 Å². The zero-order valence-corrected chi connectivity index (χ0v) is 7.40. The minimum Gasteiger partial charge on any atom is -0.329 e. The SMILES string of the molecule is NC1CCc2cc3ccccc3n21. The van der Waals surface area contributed by atoms with Gasteiger partial charge in [-0.25, -0.2) is 0 Å². The fourth-order valence-electron chi connectivity index (χ4n) is 2.24. The van der Waals surface area contributed by atoms with Crippen LogP contribution >= 0.6 is 0 Å². The second kappa shape index (κ2) is 2.36. The number of nitrogens with zero attached hydrogens (tertiary/aromatic N) is 1. The molecule has 0 aliphatic carbocycles. The van der Waals surface area contributed by atoms with E-state index in [9.17, 15) is 0 Å². The molecule has 66 valence electrons. The van der Waals surface area contributed by atoms with Crippen molar-refractivity contribution in [3.8, 4) is 0 Å². The van der Waals surface area contributed by atoms with E-state index < -0.39 is 0 Å². The van der Waals surface area contributed by atoms with Crippen LogP contribution in [0, 0.1) is 0 Å². The molecule has 2 heterocycles. The van der Waals surface area contributed by atoms with E-state index in [1.54, 1.807) is 0 Å². The second-order valence-corrected chi connectivity index (χ2v) is 3.67. The summed E-state index contributed by atoms with van der Waals surface area (Å²) in [5, 5.41) is 1.31. The van der Waals surface area contributed by atoms with E-state index in [0.717, 1.165) is 12.8 Å². The highest BCUT2D eigenvalue weighted by atomic mass is 15.1. The van der Waals surface area contributed by atoms with Gasteiger partial charge in [0.1, 0.15) is 0 Å². The summed E-state index contributed by atoms with van der Waals surface area (Å²) in [6, 6.07) is 10.7. The average molecular weight is 172 g/mol. The number of hydrogen-bond acceptors (Lipinski definition) is 1. The Kier molecular flexibility index (Phi) is 1.30. The number of aromatic nitrogens is 1. The maximum absolute atomic E-state index is 6.02. The van der Waals surface area contributed by atoms with Gasteiger partial charge in [-0.05, 0) is 30.4 Å². The minimum absolute atomic E-state index is 0.190. The van der Waals surface area contributed by atoms with Crippen molar-refractivity contribution < 1.29 is 0 Å². The summed E-state index contributed by atoms with van der Waals surface area (Å²) >= 11 is 0. The summed E-state index contributed by atoms with van der Waals surface area (Å²) in [7, 11) is 0. The fraction of sp³-hybridized carbons (Fsp3) is 0.273. The Morgan fingerprint density at radius 2 is 2.15 bits per heavy atom. The molecule has 0 bridgehead atoms. The lowest BCUT2D eigenvalue weighted by atomic mass is 10.2. The molecule has 1 unspecified atom stereocenters. The van der Waals surface area contributed by atoms with Crippen molar-refractivity contribution in [2.24, 2.45) is 5.73 Å². The molecule has 1 aromatic heterocycles. The highest BCUT2D eigenvalue weighted by Gasteiger charge is 2.20. The summed E-state index contributed by atoms with van der Waals surface area (Å²) in [5.41, 5.74) is 8.68. The predicted octanol–water partition coefficient (Wildman–Crippen LogP) is 2.04. The number of aryl methyl sites for hydroxylation is 1. The van der Waals surface area contributed by atoms with Crippen LogP contribution in [0.2, 0.25) is 0 Å². The molecular formula is C11H12N2. The molecule has 13 heavy (non-hydrogen) atoms. The summed E-state index contributed by atoms with van der Waals surface area (Å²) in [4.78, 5) is 0. The maximum atomic E-state index is 6.02. The van der Waals surface area contributed by atoms with Gasteiger partial charge in [-0.1, -0.05) is 18.2 Å². The normalized spacial score (nSPS) is 20.8. The van der Waals surface area contributed by atoms with E-state index in [4.69, 9.17) is 5.73 Å². The van der Waals surface area contributed by atoms with Gasteiger partial charge in [0.05, 0.1) is 6.17 Å². The third-order valence-electron chi connectivity index (χ3n) is 2.86. The van der Waals surface area contributed by atoms with Gasteiger partial charge in [0.25, 0.3) is 0 Å². The van der Waals surface area contributed by atoms with Crippen molar-refractivity contribution in [3.63, 3.8) is 0 Å². The summed E-state index contributed by atoms with van der Waals surface area (Å²) < 4.78 is 2.26. The van der Waals surface area contributed by atoms with Crippen molar-refractivity contribution in [1.29, 1.82) is 0 Å². The van der Waals surface area contributed by atoms with Gasteiger partial charge >= 0.3 is 0 Å². The molecule has 3 rings (SSSR count). The van der Waals surface area contributed by atoms with Gasteiger partial charge in [-0.2, -0.15) is 0 Å². The molecule has 2 heteroatoms. The van der Waals surface area contributed by atoms with Crippen LogP contribution in [0.4, 0.5) is 0 Å². The van der Waals surface area contributed by atoms with E-state index in [1.807, 2.05) is 0 Å². The van der Waals surface area contributed by atoms with Crippen LogP contribution in [-0.2, 0) is 6.42 Å². The van der Waals surface area contributed by atoms with Gasteiger partial charge in [0.2, 0.25) is 0 Å². The molecule has 1 aliphatic rings. The monoisotopic (exact) mass is 172 g/mol. The van der Waals surface area contributed by atoms with E-state index in [2.05, 4.69) is 34.9 Å². The largest absolute Gasteiger partial charge is 0.329 e. The average Bonchev–Trinajstić information content (AvgIpc) is 2.66. The zero-order chi connectivity index (χ0) is 8.84. The lowest BCUT2D eigenvalue weighted by Gasteiger charge is -2.08. The van der Waals surface area contributed by atoms with Crippen molar-refractivity contribution in [3.05, 3.63) is 36.0 Å². The van der Waals surface area contributed by atoms with Gasteiger partial charge in [0, 0.05) is 11.2 Å². The Morgan fingerprint density at radius 1 is 1.31 bits per heavy atom. The summed E-state index contributed by atoms with van der Waals surface area (Å²) in [6.07, 6.45) is 2.39. The minimum atomic E-state index is 0.190. The second-order valence-electron chi connectivity index (χ2n) is 3.67. The standard InChI is InChI=1S/C11H12N2/c12-11-6-5-9-7-8-3-1-2-4-10(8)13(9)11/h1-4,7,11H,5-6,12H2. The summed E-state index contributed by atoms with van der Waals surface area (Å²) in [6.45, 7) is 0. The molecule has 2 N–H and O–H groups in total. The molecular weight excluding hydrogens is 160 g/mol. The number of fused-ring (bicyclic) bond motifs is 3. The number of hydrogen-bond donors (Lipinski definition) is 1. The topological polar surface area (TPSA) is 30.9 Å². The Balaban J connectivity index is 2.40. The first-order chi connectivity index (χ1) is 6.36. The predicted molar refractivity (Wildman–Crippen MR) is 53.5 cm³/mol. The molecule has 0 radical (unpaired) electrons. The lowest BCUT2D eigenvalue weighted by molar-refractivity contribution is 0.567. The van der Waals surface area contributed by atoms with Gasteiger partial charge in [-0.3, -0.25) is 0 Å². The molecule has 0 saturated heterocycles. The maximum Gasteiger partial charge on any atom is 0.0821 e. The Hall–Kier alpha value is -1.28. The van der Waals surface area contributed by atoms with Crippen LogP contribution in [-0.4, -0.2) is 4.57 Å². The van der Waals surface area contributed by atoms with Crippen LogP contribution in [0.5, 0.6) is 0 Å². The third kappa shape index (κ3) is 0.864. The first-order valence-corrected chi connectivity index (χ1v) is 4.71. The highest BCUT2D eigenvalue weighted by Crippen LogP contribution is 2.29. The number of rotatable bonds is 0. The third-order valence-corrected chi connectivity index (χ3v) is 2.86. The van der Waals surface area contributed by atoms with E-state index >= 15 is 0 Å². The molecule has 2 aromatic rings. The van der Waals surface area contributed by atoms with Crippen LogP contribution in [0.1, 0.15) is 18.3 Å². The Bertz CT molecular complexity index is 456. The van der Waals surface area contributed by atoms with Crippen LogP contribution < -0.4 is 5.73 Å². The Morgan fingerprint density at radius 3 is 3.08 bits per heavy atom. The quantitative estimate of drug-likeness (QED) is 0.647. The van der Waals surface area contributed by atoms with E-state index in [-0.39, 0.29) is 6.17 Å². The first kappa shape index (κ1) is 7.15. The van der Waals surface area contributed by atoms with Crippen LogP contribution in [0.3, 0.4) is 0 Å². The molecule has 1 atom stereocenters. The molecule has 0 saturated carbocycles. The van der Waals surface area contributed by atoms with Gasteiger partial charge < -0.3 is 10.3 Å². The molecule has 1 aliphatic heterocycles. The highest BCUT2D eigenvalue weighted by molar-refractivity contribution is 5.81. The first-order valence-electron chi connectivity index (χ1n) is 4.71. The van der Waals surface area contributed by atoms with Gasteiger partial charge in [-0.15, -0.1) is 0 Å². The molecule has 1 aromatic carbocycles. The Labute approximate surface area is 77.0 Å². The molecule has 0 fully saturated rings. The smallest absolute Gasteiger partial charge is 0.0821 e. The fourth-order valence-corrected chi connectivity index (χ4v) is 2.24. The van der Waals surface area contributed by atoms with Gasteiger partial charge in [0.15, 0.2) is 0 Å². The van der Waals surface area contributed by atoms with Crippen LogP contribution in [0.15, 0.2) is 30.3 Å². The number of nitrogens with two attached hydrogens (primary N) is 1. The van der Waals surface area contributed by atoms with Crippen LogP contribution in [0.25, 0.3) is 10.9 Å². The van der Waals surface area contributed by atoms with Crippen molar-refractivity contribution in [2.45, 2.75) is 19.0 Å². The number of benzene rings is 1. The molecule has 2 nitrogen and oxygen atoms in total. The van der Waals surface area contributed by atoms with Crippen molar-refractivity contribution in [1.82, 2.24) is 4.57 Å². The molecule has 0 spiro atoms.